The molecule has 27 heavy (non-hydrogen) atoms. The minimum Gasteiger partial charge on any atom is -0.497 e. The second kappa shape index (κ2) is 9.64. The van der Waals surface area contributed by atoms with Crippen LogP contribution in [0.5, 0.6) is 11.5 Å². The highest BCUT2D eigenvalue weighted by Crippen LogP contribution is 2.25. The van der Waals surface area contributed by atoms with Gasteiger partial charge in [-0.1, -0.05) is 17.7 Å². The summed E-state index contributed by atoms with van der Waals surface area (Å²) in [7, 11) is 3.07. The second-order valence-corrected chi connectivity index (χ2v) is 5.96. The van der Waals surface area contributed by atoms with Crippen molar-refractivity contribution >= 4 is 35.2 Å². The highest BCUT2D eigenvalue weighted by atomic mass is 35.5. The molecular weight excluding hydrogens is 370 g/mol. The molecule has 1 atom stereocenters. The maximum absolute atomic E-state index is 12.1. The predicted octanol–water partition coefficient (Wildman–Crippen LogP) is 3.94. The predicted molar refractivity (Wildman–Crippen MR) is 104 cm³/mol. The van der Waals surface area contributed by atoms with Gasteiger partial charge in [-0.2, -0.15) is 0 Å². The van der Waals surface area contributed by atoms with Gasteiger partial charge in [-0.15, -0.1) is 0 Å². The number of rotatable bonds is 7. The van der Waals surface area contributed by atoms with Gasteiger partial charge >= 0.3 is 5.97 Å². The summed E-state index contributed by atoms with van der Waals surface area (Å²) in [5.41, 5.74) is 1.19. The molecule has 2 aromatic rings. The average Bonchev–Trinajstić information content (AvgIpc) is 2.66. The quantitative estimate of drug-likeness (QED) is 0.573. The van der Waals surface area contributed by atoms with Gasteiger partial charge in [0, 0.05) is 28.4 Å². The number of nitrogens with one attached hydrogen (secondary N) is 1. The standard InChI is InChI=1S/C20H20ClNO5/c1-13(20(24)22-16-6-4-5-15(21)11-16)27-19(23)10-8-14-7-9-17(25-2)12-18(14)26-3/h4-13H,1-3H3,(H,22,24)/b10-8+. The van der Waals surface area contributed by atoms with Gasteiger partial charge in [-0.05, 0) is 43.3 Å². The zero-order valence-electron chi connectivity index (χ0n) is 15.2. The smallest absolute Gasteiger partial charge is 0.331 e. The van der Waals surface area contributed by atoms with E-state index in [4.69, 9.17) is 25.8 Å². The topological polar surface area (TPSA) is 73.9 Å². The fourth-order valence-corrected chi connectivity index (χ4v) is 2.38. The van der Waals surface area contributed by atoms with Crippen molar-refractivity contribution in [2.24, 2.45) is 0 Å². The summed E-state index contributed by atoms with van der Waals surface area (Å²) in [6.07, 6.45) is 1.80. The molecule has 0 aliphatic carbocycles. The number of hydrogen-bond donors (Lipinski definition) is 1. The van der Waals surface area contributed by atoms with Crippen molar-refractivity contribution in [3.8, 4) is 11.5 Å². The van der Waals surface area contributed by atoms with Gasteiger partial charge in [-0.3, -0.25) is 4.79 Å². The molecule has 0 fully saturated rings. The van der Waals surface area contributed by atoms with Crippen molar-refractivity contribution in [1.29, 1.82) is 0 Å². The first-order chi connectivity index (χ1) is 12.9. The van der Waals surface area contributed by atoms with Crippen molar-refractivity contribution in [2.45, 2.75) is 13.0 Å². The first-order valence-electron chi connectivity index (χ1n) is 8.10. The molecule has 1 unspecified atom stereocenters. The van der Waals surface area contributed by atoms with E-state index in [1.165, 1.54) is 20.1 Å². The van der Waals surface area contributed by atoms with Crippen molar-refractivity contribution < 1.29 is 23.8 Å². The maximum atomic E-state index is 12.1. The Hall–Kier alpha value is -2.99. The summed E-state index contributed by atoms with van der Waals surface area (Å²) < 4.78 is 15.5. The Bertz CT molecular complexity index is 850. The molecule has 6 nitrogen and oxygen atoms in total. The van der Waals surface area contributed by atoms with Gasteiger partial charge in [0.15, 0.2) is 6.10 Å². The number of carbonyl (C=O) groups excluding carboxylic acids is 2. The molecule has 0 bridgehead atoms. The van der Waals surface area contributed by atoms with Crippen LogP contribution in [0.3, 0.4) is 0 Å². The Labute approximate surface area is 162 Å². The lowest BCUT2D eigenvalue weighted by atomic mass is 10.1. The molecule has 0 aliphatic heterocycles. The van der Waals surface area contributed by atoms with Crippen LogP contribution in [0.15, 0.2) is 48.5 Å². The van der Waals surface area contributed by atoms with Crippen LogP contribution in [0.2, 0.25) is 5.02 Å². The normalized spacial score (nSPS) is 11.7. The Kier molecular flexibility index (Phi) is 7.25. The number of esters is 1. The minimum absolute atomic E-state index is 0.457. The first-order valence-corrected chi connectivity index (χ1v) is 8.48. The molecule has 0 spiro atoms. The molecule has 0 heterocycles. The summed E-state index contributed by atoms with van der Waals surface area (Å²) in [6.45, 7) is 1.49. The van der Waals surface area contributed by atoms with E-state index in [2.05, 4.69) is 5.32 Å². The summed E-state index contributed by atoms with van der Waals surface area (Å²) in [4.78, 5) is 24.1. The van der Waals surface area contributed by atoms with E-state index >= 15 is 0 Å². The van der Waals surface area contributed by atoms with Crippen LogP contribution >= 0.6 is 11.6 Å². The third-order valence-corrected chi connectivity index (χ3v) is 3.83. The summed E-state index contributed by atoms with van der Waals surface area (Å²) in [6, 6.07) is 11.9. The lowest BCUT2D eigenvalue weighted by molar-refractivity contribution is -0.148. The summed E-state index contributed by atoms with van der Waals surface area (Å²) >= 11 is 5.87. The highest BCUT2D eigenvalue weighted by molar-refractivity contribution is 6.30. The molecule has 1 amide bonds. The van der Waals surface area contributed by atoms with Gasteiger partial charge in [-0.25, -0.2) is 4.79 Å². The van der Waals surface area contributed by atoms with Gasteiger partial charge in [0.1, 0.15) is 11.5 Å². The fraction of sp³-hybridized carbons (Fsp3) is 0.200. The first kappa shape index (κ1) is 20.3. The Morgan fingerprint density at radius 1 is 1.11 bits per heavy atom. The largest absolute Gasteiger partial charge is 0.497 e. The van der Waals surface area contributed by atoms with E-state index in [0.717, 1.165) is 0 Å². The van der Waals surface area contributed by atoms with E-state index < -0.39 is 18.0 Å². The van der Waals surface area contributed by atoms with E-state index in [0.29, 0.717) is 27.8 Å². The van der Waals surface area contributed by atoms with E-state index in [9.17, 15) is 9.59 Å². The molecule has 2 aromatic carbocycles. The van der Waals surface area contributed by atoms with Gasteiger partial charge in [0.2, 0.25) is 0 Å². The molecule has 0 saturated carbocycles. The number of anilines is 1. The number of methoxy groups -OCH3 is 2. The molecular formula is C20H20ClNO5. The number of carbonyl (C=O) groups is 2. The number of amides is 1. The van der Waals surface area contributed by atoms with Crippen LogP contribution in [0.4, 0.5) is 5.69 Å². The fourth-order valence-electron chi connectivity index (χ4n) is 2.19. The molecule has 142 valence electrons. The monoisotopic (exact) mass is 389 g/mol. The minimum atomic E-state index is -0.973. The van der Waals surface area contributed by atoms with Gasteiger partial charge in [0.25, 0.3) is 5.91 Å². The lowest BCUT2D eigenvalue weighted by Crippen LogP contribution is -2.29. The van der Waals surface area contributed by atoms with E-state index in [1.807, 2.05) is 0 Å². The van der Waals surface area contributed by atoms with Gasteiger partial charge in [0.05, 0.1) is 14.2 Å². The number of ether oxygens (including phenoxy) is 3. The van der Waals surface area contributed by atoms with Crippen molar-refractivity contribution in [3.63, 3.8) is 0 Å². The van der Waals surface area contributed by atoms with Crippen LogP contribution in [-0.2, 0) is 14.3 Å². The molecule has 0 aliphatic rings. The highest BCUT2D eigenvalue weighted by Gasteiger charge is 2.17. The van der Waals surface area contributed by atoms with Crippen LogP contribution in [-0.4, -0.2) is 32.2 Å². The van der Waals surface area contributed by atoms with Crippen LogP contribution in [0.25, 0.3) is 6.08 Å². The third kappa shape index (κ3) is 6.04. The average molecular weight is 390 g/mol. The number of benzene rings is 2. The lowest BCUT2D eigenvalue weighted by Gasteiger charge is -2.12. The molecule has 1 N–H and O–H groups in total. The zero-order chi connectivity index (χ0) is 19.8. The van der Waals surface area contributed by atoms with Crippen molar-refractivity contribution in [1.82, 2.24) is 0 Å². The summed E-state index contributed by atoms with van der Waals surface area (Å²) in [5, 5.41) is 3.13. The zero-order valence-corrected chi connectivity index (χ0v) is 15.9. The number of halogens is 1. The number of hydrogen-bond acceptors (Lipinski definition) is 5. The molecule has 7 heteroatoms. The second-order valence-electron chi connectivity index (χ2n) is 5.52. The van der Waals surface area contributed by atoms with Gasteiger partial charge < -0.3 is 19.5 Å². The van der Waals surface area contributed by atoms with Crippen LogP contribution in [0, 0.1) is 0 Å². The molecule has 2 rings (SSSR count). The van der Waals surface area contributed by atoms with Crippen LogP contribution < -0.4 is 14.8 Å². The van der Waals surface area contributed by atoms with E-state index in [1.54, 1.807) is 55.7 Å². The Morgan fingerprint density at radius 3 is 2.56 bits per heavy atom. The molecule has 0 aromatic heterocycles. The molecule has 0 radical (unpaired) electrons. The Balaban J connectivity index is 1.96. The SMILES string of the molecule is COc1ccc(/C=C/C(=O)OC(C)C(=O)Nc2cccc(Cl)c2)c(OC)c1. The maximum Gasteiger partial charge on any atom is 0.331 e. The van der Waals surface area contributed by atoms with Crippen molar-refractivity contribution in [3.05, 3.63) is 59.1 Å². The van der Waals surface area contributed by atoms with Crippen molar-refractivity contribution in [2.75, 3.05) is 19.5 Å². The van der Waals surface area contributed by atoms with Crippen LogP contribution in [0.1, 0.15) is 12.5 Å². The summed E-state index contributed by atoms with van der Waals surface area (Å²) in [5.74, 6) is 0.0747. The molecule has 0 saturated heterocycles. The third-order valence-electron chi connectivity index (χ3n) is 3.59. The van der Waals surface area contributed by atoms with E-state index in [-0.39, 0.29) is 0 Å². The Morgan fingerprint density at radius 2 is 1.89 bits per heavy atom.